The minimum absolute atomic E-state index is 0.741. The van der Waals surface area contributed by atoms with Crippen LogP contribution in [0, 0.1) is 12.8 Å². The van der Waals surface area contributed by atoms with Gasteiger partial charge in [-0.3, -0.25) is 0 Å². The number of hydrogen-bond acceptors (Lipinski definition) is 4. The fourth-order valence-electron chi connectivity index (χ4n) is 2.88. The van der Waals surface area contributed by atoms with Crippen LogP contribution in [-0.2, 0) is 0 Å². The van der Waals surface area contributed by atoms with Gasteiger partial charge >= 0.3 is 0 Å². The third kappa shape index (κ3) is 4.99. The third-order valence-electron chi connectivity index (χ3n) is 3.96. The largest absolute Gasteiger partial charge is 0.370 e. The van der Waals surface area contributed by atoms with Gasteiger partial charge in [-0.1, -0.05) is 32.6 Å². The van der Waals surface area contributed by atoms with Gasteiger partial charge in [-0.05, 0) is 32.1 Å². The summed E-state index contributed by atoms with van der Waals surface area (Å²) in [7, 11) is 0. The Bertz CT molecular complexity index is 399. The van der Waals surface area contributed by atoms with Gasteiger partial charge in [0.15, 0.2) is 0 Å². The number of rotatable bonds is 8. The van der Waals surface area contributed by atoms with Gasteiger partial charge in [0.25, 0.3) is 0 Å². The smallest absolute Gasteiger partial charge is 0.224 e. The minimum atomic E-state index is 0.741. The molecule has 112 valence electrons. The van der Waals surface area contributed by atoms with E-state index in [0.29, 0.717) is 0 Å². The molecule has 1 heterocycles. The summed E-state index contributed by atoms with van der Waals surface area (Å²) in [4.78, 5) is 8.91. The van der Waals surface area contributed by atoms with Crippen LogP contribution >= 0.6 is 0 Å². The Kier molecular flexibility index (Phi) is 6.09. The van der Waals surface area contributed by atoms with Gasteiger partial charge in [0.2, 0.25) is 5.95 Å². The molecule has 1 aliphatic carbocycles. The summed E-state index contributed by atoms with van der Waals surface area (Å²) in [6, 6.07) is 2.02. The topological polar surface area (TPSA) is 49.8 Å². The van der Waals surface area contributed by atoms with E-state index in [1.807, 2.05) is 13.0 Å². The highest BCUT2D eigenvalue weighted by molar-refractivity contribution is 5.42. The van der Waals surface area contributed by atoms with E-state index >= 15 is 0 Å². The lowest BCUT2D eigenvalue weighted by Crippen LogP contribution is -2.10. The molecule has 0 atom stereocenters. The second kappa shape index (κ2) is 8.08. The fourth-order valence-corrected chi connectivity index (χ4v) is 2.88. The molecule has 0 unspecified atom stereocenters. The van der Waals surface area contributed by atoms with Gasteiger partial charge in [0.05, 0.1) is 0 Å². The lowest BCUT2D eigenvalue weighted by atomic mass is 10.0. The van der Waals surface area contributed by atoms with Gasteiger partial charge in [-0.25, -0.2) is 4.98 Å². The molecular weight excluding hydrogens is 248 g/mol. The maximum Gasteiger partial charge on any atom is 0.224 e. The van der Waals surface area contributed by atoms with Crippen LogP contribution in [0.25, 0.3) is 0 Å². The van der Waals surface area contributed by atoms with Gasteiger partial charge < -0.3 is 10.6 Å². The number of hydrogen-bond donors (Lipinski definition) is 2. The molecule has 1 saturated carbocycles. The van der Waals surface area contributed by atoms with E-state index in [9.17, 15) is 0 Å². The van der Waals surface area contributed by atoms with Crippen molar-refractivity contribution in [2.24, 2.45) is 5.92 Å². The van der Waals surface area contributed by atoms with Crippen LogP contribution in [0.15, 0.2) is 6.07 Å². The van der Waals surface area contributed by atoms with E-state index in [0.717, 1.165) is 42.9 Å². The molecule has 0 aromatic carbocycles. The zero-order valence-electron chi connectivity index (χ0n) is 12.9. The van der Waals surface area contributed by atoms with E-state index < -0.39 is 0 Å². The molecule has 1 fully saturated rings. The number of nitrogens with zero attached hydrogens (tertiary/aromatic N) is 2. The lowest BCUT2D eigenvalue weighted by Gasteiger charge is -2.11. The molecule has 0 spiro atoms. The summed E-state index contributed by atoms with van der Waals surface area (Å²) in [5, 5.41) is 6.68. The Morgan fingerprint density at radius 3 is 2.70 bits per heavy atom. The maximum absolute atomic E-state index is 4.51. The van der Waals surface area contributed by atoms with Crippen molar-refractivity contribution in [3.05, 3.63) is 11.8 Å². The zero-order valence-corrected chi connectivity index (χ0v) is 12.9. The van der Waals surface area contributed by atoms with E-state index in [4.69, 9.17) is 0 Å². The van der Waals surface area contributed by atoms with Crippen LogP contribution in [0.1, 0.15) is 57.6 Å². The Hall–Kier alpha value is -1.32. The molecule has 2 N–H and O–H groups in total. The van der Waals surface area contributed by atoms with Crippen LogP contribution in [0.4, 0.5) is 11.8 Å². The molecule has 20 heavy (non-hydrogen) atoms. The molecule has 0 amide bonds. The van der Waals surface area contributed by atoms with Crippen LogP contribution < -0.4 is 10.6 Å². The van der Waals surface area contributed by atoms with Gasteiger partial charge in [-0.2, -0.15) is 4.98 Å². The first-order valence-corrected chi connectivity index (χ1v) is 8.11. The highest BCUT2D eigenvalue weighted by atomic mass is 15.1. The van der Waals surface area contributed by atoms with Gasteiger partial charge in [0, 0.05) is 24.8 Å². The molecule has 2 rings (SSSR count). The van der Waals surface area contributed by atoms with E-state index in [-0.39, 0.29) is 0 Å². The molecule has 4 nitrogen and oxygen atoms in total. The van der Waals surface area contributed by atoms with Crippen molar-refractivity contribution in [3.8, 4) is 0 Å². The lowest BCUT2D eigenvalue weighted by molar-refractivity contribution is 0.491. The highest BCUT2D eigenvalue weighted by Gasteiger charge is 2.13. The van der Waals surface area contributed by atoms with Crippen LogP contribution in [0.5, 0.6) is 0 Å². The SMILES string of the molecule is CCCNc1nc(C)cc(NCCCC2CCCC2)n1. The number of anilines is 2. The van der Waals surface area contributed by atoms with Crippen LogP contribution in [0.2, 0.25) is 0 Å². The quantitative estimate of drug-likeness (QED) is 0.705. The molecular formula is C16H28N4. The molecule has 0 radical (unpaired) electrons. The summed E-state index contributed by atoms with van der Waals surface area (Å²) in [5.74, 6) is 2.67. The molecule has 1 aromatic heterocycles. The van der Waals surface area contributed by atoms with Crippen molar-refractivity contribution < 1.29 is 0 Å². The second-order valence-corrected chi connectivity index (χ2v) is 5.86. The molecule has 1 aromatic rings. The van der Waals surface area contributed by atoms with Crippen LogP contribution in [-0.4, -0.2) is 23.1 Å². The van der Waals surface area contributed by atoms with Gasteiger partial charge in [-0.15, -0.1) is 0 Å². The van der Waals surface area contributed by atoms with Crippen molar-refractivity contribution in [3.63, 3.8) is 0 Å². The zero-order chi connectivity index (χ0) is 14.2. The third-order valence-corrected chi connectivity index (χ3v) is 3.96. The summed E-state index contributed by atoms with van der Waals surface area (Å²) >= 11 is 0. The minimum Gasteiger partial charge on any atom is -0.370 e. The molecule has 1 aliphatic rings. The van der Waals surface area contributed by atoms with Crippen LogP contribution in [0.3, 0.4) is 0 Å². The van der Waals surface area contributed by atoms with E-state index in [1.54, 1.807) is 0 Å². The standard InChI is InChI=1S/C16H28N4/c1-3-10-18-16-19-13(2)12-15(20-16)17-11-6-9-14-7-4-5-8-14/h12,14H,3-11H2,1-2H3,(H2,17,18,19,20). The summed E-state index contributed by atoms with van der Waals surface area (Å²) in [6.45, 7) is 6.10. The Morgan fingerprint density at radius 2 is 1.95 bits per heavy atom. The average molecular weight is 276 g/mol. The van der Waals surface area contributed by atoms with Crippen molar-refractivity contribution in [2.75, 3.05) is 23.7 Å². The van der Waals surface area contributed by atoms with Crippen molar-refractivity contribution in [2.45, 2.75) is 58.8 Å². The molecule has 0 saturated heterocycles. The highest BCUT2D eigenvalue weighted by Crippen LogP contribution is 2.28. The Labute approximate surface area is 122 Å². The summed E-state index contributed by atoms with van der Waals surface area (Å²) in [6.07, 6.45) is 9.45. The summed E-state index contributed by atoms with van der Waals surface area (Å²) in [5.41, 5.74) is 1.01. The average Bonchev–Trinajstić information content (AvgIpc) is 2.94. The predicted octanol–water partition coefficient (Wildman–Crippen LogP) is 3.99. The molecule has 0 aliphatic heterocycles. The number of nitrogens with one attached hydrogen (secondary N) is 2. The van der Waals surface area contributed by atoms with Crippen molar-refractivity contribution >= 4 is 11.8 Å². The number of aryl methyl sites for hydroxylation is 1. The molecule has 0 bridgehead atoms. The monoisotopic (exact) mass is 276 g/mol. The predicted molar refractivity (Wildman–Crippen MR) is 85.2 cm³/mol. The van der Waals surface area contributed by atoms with E-state index in [1.165, 1.54) is 38.5 Å². The van der Waals surface area contributed by atoms with Crippen molar-refractivity contribution in [1.29, 1.82) is 0 Å². The maximum atomic E-state index is 4.51. The van der Waals surface area contributed by atoms with Gasteiger partial charge in [0.1, 0.15) is 5.82 Å². The summed E-state index contributed by atoms with van der Waals surface area (Å²) < 4.78 is 0. The first-order chi connectivity index (χ1) is 9.78. The van der Waals surface area contributed by atoms with E-state index in [2.05, 4.69) is 27.5 Å². The first-order valence-electron chi connectivity index (χ1n) is 8.11. The number of aromatic nitrogens is 2. The normalized spacial score (nSPS) is 15.5. The fraction of sp³-hybridized carbons (Fsp3) is 0.750. The Balaban J connectivity index is 1.74. The van der Waals surface area contributed by atoms with Crippen molar-refractivity contribution in [1.82, 2.24) is 9.97 Å². The Morgan fingerprint density at radius 1 is 1.15 bits per heavy atom. The molecule has 4 heteroatoms. The second-order valence-electron chi connectivity index (χ2n) is 5.86. The first kappa shape index (κ1) is 15.1.